The van der Waals surface area contributed by atoms with E-state index in [9.17, 15) is 0 Å². The first-order valence-electron chi connectivity index (χ1n) is 5.22. The minimum absolute atomic E-state index is 0.000104. The van der Waals surface area contributed by atoms with E-state index in [1.807, 2.05) is 11.4 Å². The Morgan fingerprint density at radius 2 is 2.12 bits per heavy atom. The van der Waals surface area contributed by atoms with Gasteiger partial charge in [0, 0.05) is 22.1 Å². The zero-order valence-corrected chi connectivity index (χ0v) is 13.1. The van der Waals surface area contributed by atoms with Crippen LogP contribution in [0.3, 0.4) is 0 Å². The monoisotopic (exact) mass is 328 g/mol. The number of hydrogen-bond acceptors (Lipinski definition) is 3. The van der Waals surface area contributed by atoms with Crippen LogP contribution in [0.15, 0.2) is 21.3 Å². The summed E-state index contributed by atoms with van der Waals surface area (Å²) in [5.74, 6) is 0.837. The number of nitrogens with one attached hydrogen (secondary N) is 1. The summed E-state index contributed by atoms with van der Waals surface area (Å²) in [5, 5.41) is 4.10. The van der Waals surface area contributed by atoms with Gasteiger partial charge in [-0.2, -0.15) is 11.3 Å². The van der Waals surface area contributed by atoms with E-state index in [1.165, 1.54) is 0 Å². The quantitative estimate of drug-likeness (QED) is 0.752. The second-order valence-electron chi connectivity index (χ2n) is 4.84. The molecule has 90 valence electrons. The van der Waals surface area contributed by atoms with Crippen molar-refractivity contribution in [2.24, 2.45) is 0 Å². The van der Waals surface area contributed by atoms with Gasteiger partial charge in [-0.1, -0.05) is 33.0 Å². The summed E-state index contributed by atoms with van der Waals surface area (Å²) in [6.45, 7) is 6.45. The highest BCUT2D eigenvalue weighted by atomic mass is 79.9. The number of thiophene rings is 1. The molecule has 0 fully saturated rings. The lowest BCUT2D eigenvalue weighted by atomic mass is 9.92. The highest BCUT2D eigenvalue weighted by molar-refractivity contribution is 9.10. The fraction of sp³-hybridized carbons (Fsp3) is 0.333. The summed E-state index contributed by atoms with van der Waals surface area (Å²) in [5.41, 5.74) is 2.16. The van der Waals surface area contributed by atoms with Crippen LogP contribution in [-0.4, -0.2) is 9.97 Å². The van der Waals surface area contributed by atoms with Crippen molar-refractivity contribution in [3.63, 3.8) is 0 Å². The topological polar surface area (TPSA) is 28.7 Å². The van der Waals surface area contributed by atoms with Crippen LogP contribution in [0.25, 0.3) is 11.4 Å². The molecule has 0 saturated heterocycles. The first-order chi connectivity index (χ1) is 7.89. The summed E-state index contributed by atoms with van der Waals surface area (Å²) in [6.07, 6.45) is 0. The van der Waals surface area contributed by atoms with Gasteiger partial charge in [0.2, 0.25) is 0 Å². The Labute approximate surface area is 118 Å². The van der Waals surface area contributed by atoms with Gasteiger partial charge in [0.1, 0.15) is 10.5 Å². The predicted octanol–water partition coefficient (Wildman–Crippen LogP) is 4.93. The van der Waals surface area contributed by atoms with Crippen molar-refractivity contribution in [1.29, 1.82) is 0 Å². The third-order valence-corrected chi connectivity index (χ3v) is 4.42. The lowest BCUT2D eigenvalue weighted by molar-refractivity contribution is 0.563. The van der Waals surface area contributed by atoms with Crippen LogP contribution < -0.4 is 0 Å². The van der Waals surface area contributed by atoms with E-state index in [0.717, 1.165) is 21.6 Å². The highest BCUT2D eigenvalue weighted by Crippen LogP contribution is 2.30. The highest BCUT2D eigenvalue weighted by Gasteiger charge is 2.20. The Bertz CT molecular complexity index is 580. The number of H-pyrrole nitrogens is 1. The second-order valence-corrected chi connectivity index (χ2v) is 6.80. The summed E-state index contributed by atoms with van der Waals surface area (Å²) in [6, 6.07) is 2.04. The fourth-order valence-electron chi connectivity index (χ4n) is 1.51. The van der Waals surface area contributed by atoms with E-state index in [4.69, 9.17) is 12.2 Å². The van der Waals surface area contributed by atoms with Crippen LogP contribution in [0.4, 0.5) is 0 Å². The zero-order chi connectivity index (χ0) is 12.6. The first-order valence-corrected chi connectivity index (χ1v) is 7.37. The van der Waals surface area contributed by atoms with Crippen LogP contribution in [0, 0.1) is 4.64 Å². The number of halogens is 1. The molecule has 5 heteroatoms. The Kier molecular flexibility index (Phi) is 3.52. The van der Waals surface area contributed by atoms with Gasteiger partial charge in [0.15, 0.2) is 0 Å². The van der Waals surface area contributed by atoms with Gasteiger partial charge in [-0.05, 0) is 27.4 Å². The third-order valence-electron chi connectivity index (χ3n) is 2.41. The number of hydrogen-bond donors (Lipinski definition) is 1. The Morgan fingerprint density at radius 3 is 2.65 bits per heavy atom. The maximum atomic E-state index is 5.30. The van der Waals surface area contributed by atoms with Gasteiger partial charge < -0.3 is 4.98 Å². The predicted molar refractivity (Wildman–Crippen MR) is 79.1 cm³/mol. The molecule has 0 saturated carbocycles. The average Bonchev–Trinajstić information content (AvgIpc) is 2.73. The van der Waals surface area contributed by atoms with Crippen molar-refractivity contribution in [2.45, 2.75) is 26.2 Å². The molecule has 0 spiro atoms. The molecule has 0 aliphatic carbocycles. The van der Waals surface area contributed by atoms with Crippen molar-refractivity contribution in [2.75, 3.05) is 0 Å². The summed E-state index contributed by atoms with van der Waals surface area (Å²) >= 11 is 10.5. The van der Waals surface area contributed by atoms with Gasteiger partial charge in [-0.25, -0.2) is 4.98 Å². The summed E-state index contributed by atoms with van der Waals surface area (Å²) < 4.78 is 1.49. The Balaban J connectivity index is 2.67. The maximum Gasteiger partial charge on any atom is 0.144 e. The fourth-order valence-corrected chi connectivity index (χ4v) is 3.13. The molecule has 2 aromatic heterocycles. The lowest BCUT2D eigenvalue weighted by Gasteiger charge is -2.21. The van der Waals surface area contributed by atoms with Gasteiger partial charge in [-0.3, -0.25) is 0 Å². The van der Waals surface area contributed by atoms with Crippen molar-refractivity contribution in [1.82, 2.24) is 9.97 Å². The van der Waals surface area contributed by atoms with E-state index in [1.54, 1.807) is 11.3 Å². The maximum absolute atomic E-state index is 5.30. The molecule has 0 unspecified atom stereocenters. The molecule has 0 radical (unpaired) electrons. The minimum atomic E-state index is 0.000104. The largest absolute Gasteiger partial charge is 0.342 e. The molecular formula is C12H13BrN2S2. The Hall–Kier alpha value is -0.520. The van der Waals surface area contributed by atoms with Crippen LogP contribution >= 0.6 is 39.5 Å². The van der Waals surface area contributed by atoms with Gasteiger partial charge in [0.25, 0.3) is 0 Å². The molecule has 0 bridgehead atoms. The molecule has 0 amide bonds. The number of rotatable bonds is 1. The summed E-state index contributed by atoms with van der Waals surface area (Å²) in [7, 11) is 0. The van der Waals surface area contributed by atoms with Gasteiger partial charge >= 0.3 is 0 Å². The van der Waals surface area contributed by atoms with E-state index < -0.39 is 0 Å². The van der Waals surface area contributed by atoms with Crippen LogP contribution in [0.2, 0.25) is 0 Å². The van der Waals surface area contributed by atoms with E-state index >= 15 is 0 Å². The second kappa shape index (κ2) is 4.63. The van der Waals surface area contributed by atoms with Crippen LogP contribution in [0.1, 0.15) is 26.5 Å². The molecule has 17 heavy (non-hydrogen) atoms. The SMILES string of the molecule is CC(C)(C)c1[nH]c(-c2ccsc2)nc(=S)c1Br. The van der Waals surface area contributed by atoms with Crippen molar-refractivity contribution >= 4 is 39.5 Å². The molecule has 2 nitrogen and oxygen atoms in total. The lowest BCUT2D eigenvalue weighted by Crippen LogP contribution is -2.15. The molecule has 0 atom stereocenters. The molecular weight excluding hydrogens is 316 g/mol. The minimum Gasteiger partial charge on any atom is -0.342 e. The number of aromatic nitrogens is 2. The molecule has 2 rings (SSSR count). The number of nitrogens with zero attached hydrogens (tertiary/aromatic N) is 1. The molecule has 0 aliphatic rings. The van der Waals surface area contributed by atoms with Crippen molar-refractivity contribution in [3.05, 3.63) is 31.6 Å². The molecule has 1 N–H and O–H groups in total. The third kappa shape index (κ3) is 2.67. The van der Waals surface area contributed by atoms with Crippen molar-refractivity contribution < 1.29 is 0 Å². The summed E-state index contributed by atoms with van der Waals surface area (Å²) in [4.78, 5) is 7.79. The van der Waals surface area contributed by atoms with Crippen molar-refractivity contribution in [3.8, 4) is 11.4 Å². The van der Waals surface area contributed by atoms with E-state index in [0.29, 0.717) is 4.64 Å². The van der Waals surface area contributed by atoms with E-state index in [-0.39, 0.29) is 5.41 Å². The number of aromatic amines is 1. The zero-order valence-electron chi connectivity index (χ0n) is 9.87. The normalized spacial score (nSPS) is 11.8. The smallest absolute Gasteiger partial charge is 0.144 e. The van der Waals surface area contributed by atoms with Gasteiger partial charge in [0.05, 0.1) is 4.47 Å². The standard InChI is InChI=1S/C12H13BrN2S2/c1-12(2,3)9-8(13)11(16)15-10(14-9)7-4-5-17-6-7/h4-6H,1-3H3,(H,14,15,16). The molecule has 2 aromatic rings. The molecule has 0 aromatic carbocycles. The van der Waals surface area contributed by atoms with Crippen LogP contribution in [-0.2, 0) is 5.41 Å². The van der Waals surface area contributed by atoms with E-state index in [2.05, 4.69) is 52.0 Å². The Morgan fingerprint density at radius 1 is 1.41 bits per heavy atom. The van der Waals surface area contributed by atoms with Gasteiger partial charge in [-0.15, -0.1) is 0 Å². The average molecular weight is 329 g/mol. The molecule has 0 aliphatic heterocycles. The molecule has 2 heterocycles. The van der Waals surface area contributed by atoms with Crippen LogP contribution in [0.5, 0.6) is 0 Å². The first kappa shape index (κ1) is 12.9.